The highest BCUT2D eigenvalue weighted by molar-refractivity contribution is 6.36. The molecule has 0 saturated heterocycles. The predicted octanol–water partition coefficient (Wildman–Crippen LogP) is 3.44. The van der Waals surface area contributed by atoms with Gasteiger partial charge >= 0.3 is 6.18 Å². The van der Waals surface area contributed by atoms with Crippen LogP contribution in [0.25, 0.3) is 11.2 Å². The zero-order valence-electron chi connectivity index (χ0n) is 21.5. The van der Waals surface area contributed by atoms with Crippen molar-refractivity contribution in [2.45, 2.75) is 6.18 Å². The van der Waals surface area contributed by atoms with E-state index in [0.717, 1.165) is 4.57 Å². The lowest BCUT2D eigenvalue weighted by Gasteiger charge is -2.12. The summed E-state index contributed by atoms with van der Waals surface area (Å²) >= 11 is 6.59. The number of fused-ring (bicyclic) bond motifs is 1. The Labute approximate surface area is 230 Å². The van der Waals surface area contributed by atoms with Gasteiger partial charge in [0.05, 0.1) is 24.9 Å². The second-order valence-electron chi connectivity index (χ2n) is 8.48. The fraction of sp³-hybridized carbons (Fsp3) is 0.292. The van der Waals surface area contributed by atoms with E-state index < -0.39 is 17.3 Å². The van der Waals surface area contributed by atoms with Crippen LogP contribution in [0.2, 0.25) is 5.02 Å². The molecule has 1 amide bonds. The third kappa shape index (κ3) is 6.50. The van der Waals surface area contributed by atoms with Crippen molar-refractivity contribution >= 4 is 46.1 Å². The number of amides is 1. The van der Waals surface area contributed by atoms with E-state index in [2.05, 4.69) is 30.9 Å². The molecule has 4 heterocycles. The minimum atomic E-state index is -4.65. The van der Waals surface area contributed by atoms with Crippen molar-refractivity contribution in [1.82, 2.24) is 29.4 Å². The number of pyridine rings is 3. The molecular weight excluding hydrogens is 557 g/mol. The van der Waals surface area contributed by atoms with Crippen molar-refractivity contribution in [2.24, 2.45) is 14.1 Å². The zero-order chi connectivity index (χ0) is 29.0. The fourth-order valence-corrected chi connectivity index (χ4v) is 3.90. The molecule has 0 bridgehead atoms. The first-order valence-electron chi connectivity index (χ1n) is 11.7. The van der Waals surface area contributed by atoms with Crippen LogP contribution < -0.4 is 26.2 Å². The van der Waals surface area contributed by atoms with Gasteiger partial charge in [0.1, 0.15) is 27.8 Å². The van der Waals surface area contributed by atoms with Gasteiger partial charge in [-0.2, -0.15) is 18.2 Å². The molecule has 0 radical (unpaired) electrons. The van der Waals surface area contributed by atoms with Crippen LogP contribution in [0.3, 0.4) is 0 Å². The smallest absolute Gasteiger partial charge is 0.417 e. The molecular formula is C24H24ClF3N8O4. The Morgan fingerprint density at radius 1 is 1.20 bits per heavy atom. The maximum Gasteiger partial charge on any atom is 0.417 e. The van der Waals surface area contributed by atoms with Crippen molar-refractivity contribution in [2.75, 3.05) is 37.4 Å². The van der Waals surface area contributed by atoms with Crippen LogP contribution in [0.15, 0.2) is 41.6 Å². The number of halogens is 4. The Kier molecular flexibility index (Phi) is 8.56. The van der Waals surface area contributed by atoms with E-state index in [0.29, 0.717) is 36.7 Å². The Balaban J connectivity index is 1.56. The summed E-state index contributed by atoms with van der Waals surface area (Å²) < 4.78 is 52.8. The lowest BCUT2D eigenvalue weighted by Crippen LogP contribution is -2.30. The average molecular weight is 581 g/mol. The first-order valence-corrected chi connectivity index (χ1v) is 12.0. The number of anilines is 3. The second kappa shape index (κ2) is 11.9. The molecule has 0 saturated carbocycles. The van der Waals surface area contributed by atoms with Gasteiger partial charge in [-0.25, -0.2) is 9.97 Å². The van der Waals surface area contributed by atoms with Gasteiger partial charge in [-0.05, 0) is 12.1 Å². The second-order valence-corrected chi connectivity index (χ2v) is 8.86. The molecule has 4 rings (SSSR count). The third-order valence-electron chi connectivity index (χ3n) is 5.56. The molecule has 0 spiro atoms. The lowest BCUT2D eigenvalue weighted by atomic mass is 10.2. The number of hydrogen-bond donors (Lipinski definition) is 3. The average Bonchev–Trinajstić information content (AvgIpc) is 3.21. The minimum Gasteiger partial charge on any atom is -0.454 e. The maximum atomic E-state index is 13.3. The van der Waals surface area contributed by atoms with Gasteiger partial charge < -0.3 is 34.6 Å². The summed E-state index contributed by atoms with van der Waals surface area (Å²) in [6.45, 7) is 1.04. The van der Waals surface area contributed by atoms with Crippen molar-refractivity contribution in [3.8, 4) is 11.5 Å². The fourth-order valence-electron chi connectivity index (χ4n) is 3.61. The molecule has 0 atom stereocenters. The number of carbonyl (C=O) groups is 1. The molecule has 0 unspecified atom stereocenters. The number of carbonyl (C=O) groups excluding carboxylic acids is 1. The monoisotopic (exact) mass is 580 g/mol. The number of ether oxygens (including phenoxy) is 2. The van der Waals surface area contributed by atoms with Crippen LogP contribution in [0.5, 0.6) is 11.5 Å². The molecule has 0 aliphatic carbocycles. The first kappa shape index (κ1) is 28.8. The Hall–Kier alpha value is -4.21. The molecule has 40 heavy (non-hydrogen) atoms. The topological polar surface area (TPSA) is 137 Å². The summed E-state index contributed by atoms with van der Waals surface area (Å²) in [6, 6.07) is 3.75. The summed E-state index contributed by atoms with van der Waals surface area (Å²) in [7, 11) is 4.33. The molecule has 0 aromatic carbocycles. The van der Waals surface area contributed by atoms with E-state index >= 15 is 0 Å². The van der Waals surface area contributed by atoms with E-state index in [4.69, 9.17) is 21.1 Å². The number of rotatable bonds is 10. The summed E-state index contributed by atoms with van der Waals surface area (Å²) in [4.78, 5) is 37.2. The number of hydrogen-bond acceptors (Lipinski definition) is 9. The molecule has 12 nitrogen and oxygen atoms in total. The van der Waals surface area contributed by atoms with Crippen LogP contribution in [-0.2, 0) is 29.8 Å². The Morgan fingerprint density at radius 2 is 1.98 bits per heavy atom. The van der Waals surface area contributed by atoms with Gasteiger partial charge in [-0.1, -0.05) is 11.6 Å². The SMILES string of the molecule is COCCNCC(=O)Nc1cc(Oc2cnc3nc(Nc4cc(C(F)(F)F)cn(C)c4=O)n(C)c3c2Cl)ccn1. The molecule has 16 heteroatoms. The van der Waals surface area contributed by atoms with Gasteiger partial charge in [0.25, 0.3) is 5.56 Å². The minimum absolute atomic E-state index is 0.0333. The maximum absolute atomic E-state index is 13.3. The standard InChI is InChI=1S/C24H24ClF3N8O4/c1-35-12-13(24(26,27)28)8-15(22(35)38)32-23-34-21-20(36(23)2)19(25)16(10-31-21)40-14-4-5-30-17(9-14)33-18(37)11-29-6-7-39-3/h4-5,8-10,12,29H,6-7,11H2,1-3H3,(H,30,33,37)(H,31,32,34). The van der Waals surface area contributed by atoms with Crippen LogP contribution >= 0.6 is 11.6 Å². The number of methoxy groups -OCH3 is 1. The number of nitrogens with zero attached hydrogens (tertiary/aromatic N) is 5. The molecule has 0 aliphatic rings. The highest BCUT2D eigenvalue weighted by Gasteiger charge is 2.32. The molecule has 0 fully saturated rings. The number of aryl methyl sites for hydroxylation is 2. The Morgan fingerprint density at radius 3 is 2.70 bits per heavy atom. The van der Waals surface area contributed by atoms with E-state index in [9.17, 15) is 22.8 Å². The molecule has 3 N–H and O–H groups in total. The van der Waals surface area contributed by atoms with Crippen molar-refractivity contribution in [3.05, 3.63) is 57.7 Å². The predicted molar refractivity (Wildman–Crippen MR) is 141 cm³/mol. The number of alkyl halides is 3. The third-order valence-corrected chi connectivity index (χ3v) is 5.92. The van der Waals surface area contributed by atoms with Crippen molar-refractivity contribution in [3.63, 3.8) is 0 Å². The van der Waals surface area contributed by atoms with Crippen LogP contribution in [0, 0.1) is 0 Å². The van der Waals surface area contributed by atoms with Gasteiger partial charge in [0, 0.05) is 46.2 Å². The first-order chi connectivity index (χ1) is 19.0. The van der Waals surface area contributed by atoms with Gasteiger partial charge in [-0.15, -0.1) is 0 Å². The Bertz CT molecular complexity index is 1610. The van der Waals surface area contributed by atoms with Gasteiger partial charge in [0.15, 0.2) is 11.4 Å². The summed E-state index contributed by atoms with van der Waals surface area (Å²) in [5, 5.41) is 8.32. The van der Waals surface area contributed by atoms with E-state index in [-0.39, 0.29) is 46.3 Å². The van der Waals surface area contributed by atoms with Crippen LogP contribution in [0.1, 0.15) is 5.56 Å². The molecule has 4 aromatic rings. The van der Waals surface area contributed by atoms with Crippen LogP contribution in [-0.4, -0.2) is 56.8 Å². The van der Waals surface area contributed by atoms with Crippen LogP contribution in [0.4, 0.5) is 30.6 Å². The normalized spacial score (nSPS) is 11.6. The lowest BCUT2D eigenvalue weighted by molar-refractivity contribution is -0.138. The number of aromatic nitrogens is 5. The number of imidazole rings is 1. The highest BCUT2D eigenvalue weighted by Crippen LogP contribution is 2.36. The van der Waals surface area contributed by atoms with Gasteiger partial charge in [-0.3, -0.25) is 9.59 Å². The van der Waals surface area contributed by atoms with E-state index in [1.165, 1.54) is 30.1 Å². The quantitative estimate of drug-likeness (QED) is 0.241. The van der Waals surface area contributed by atoms with E-state index in [1.807, 2.05) is 0 Å². The van der Waals surface area contributed by atoms with Crippen molar-refractivity contribution in [1.29, 1.82) is 0 Å². The summed E-state index contributed by atoms with van der Waals surface area (Å²) in [5.41, 5.74) is -1.55. The van der Waals surface area contributed by atoms with Crippen molar-refractivity contribution < 1.29 is 27.4 Å². The zero-order valence-corrected chi connectivity index (χ0v) is 22.2. The van der Waals surface area contributed by atoms with Gasteiger partial charge in [0.2, 0.25) is 11.9 Å². The molecule has 212 valence electrons. The molecule has 0 aliphatic heterocycles. The number of nitrogens with one attached hydrogen (secondary N) is 3. The summed E-state index contributed by atoms with van der Waals surface area (Å²) in [5.74, 6) is 0.409. The largest absolute Gasteiger partial charge is 0.454 e. The molecule has 4 aromatic heterocycles. The summed E-state index contributed by atoms with van der Waals surface area (Å²) in [6.07, 6.45) is -1.18. The van der Waals surface area contributed by atoms with E-state index in [1.54, 1.807) is 20.2 Å². The highest BCUT2D eigenvalue weighted by atomic mass is 35.5.